The fourth-order valence-corrected chi connectivity index (χ4v) is 1.68. The summed E-state index contributed by atoms with van der Waals surface area (Å²) < 4.78 is 0. The third-order valence-corrected chi connectivity index (χ3v) is 2.52. The van der Waals surface area contributed by atoms with E-state index in [4.69, 9.17) is 0 Å². The summed E-state index contributed by atoms with van der Waals surface area (Å²) in [7, 11) is 1.76. The lowest BCUT2D eigenvalue weighted by atomic mass is 10.1. The predicted octanol–water partition coefficient (Wildman–Crippen LogP) is 0.283. The maximum absolute atomic E-state index is 4.33. The summed E-state index contributed by atoms with van der Waals surface area (Å²) in [6.45, 7) is 3.04. The number of tetrazole rings is 1. The van der Waals surface area contributed by atoms with Crippen molar-refractivity contribution in [3.63, 3.8) is 0 Å². The van der Waals surface area contributed by atoms with Gasteiger partial charge in [0.05, 0.1) is 18.8 Å². The number of nitrogens with one attached hydrogen (secondary N) is 1. The number of rotatable bonds is 6. The van der Waals surface area contributed by atoms with Crippen LogP contribution in [-0.4, -0.2) is 36.7 Å². The summed E-state index contributed by atoms with van der Waals surface area (Å²) in [6.07, 6.45) is 6.85. The van der Waals surface area contributed by atoms with E-state index in [1.165, 1.54) is 4.80 Å². The third-order valence-electron chi connectivity index (χ3n) is 2.52. The molecule has 1 unspecified atom stereocenters. The van der Waals surface area contributed by atoms with Gasteiger partial charge in [-0.25, -0.2) is 0 Å². The van der Waals surface area contributed by atoms with E-state index in [0.29, 0.717) is 12.2 Å². The Kier molecular flexibility index (Phi) is 4.30. The van der Waals surface area contributed by atoms with E-state index in [1.807, 2.05) is 0 Å². The minimum Gasteiger partial charge on any atom is -0.308 e. The molecule has 0 radical (unpaired) electrons. The van der Waals surface area contributed by atoms with Gasteiger partial charge in [0, 0.05) is 25.0 Å². The van der Waals surface area contributed by atoms with Crippen LogP contribution in [0.3, 0.4) is 0 Å². The molecule has 0 amide bonds. The average molecular weight is 247 g/mol. The molecule has 0 fully saturated rings. The summed E-state index contributed by atoms with van der Waals surface area (Å²) >= 11 is 0. The molecular formula is C11H17N7. The van der Waals surface area contributed by atoms with E-state index in [2.05, 4.69) is 37.6 Å². The van der Waals surface area contributed by atoms with Crippen LogP contribution in [0.25, 0.3) is 0 Å². The summed E-state index contributed by atoms with van der Waals surface area (Å²) in [5.74, 6) is 0.705. The van der Waals surface area contributed by atoms with Crippen molar-refractivity contribution in [1.29, 1.82) is 0 Å². The van der Waals surface area contributed by atoms with E-state index in [-0.39, 0.29) is 6.04 Å². The number of nitrogens with zero attached hydrogens (tertiary/aromatic N) is 6. The van der Waals surface area contributed by atoms with Crippen LogP contribution in [0.5, 0.6) is 0 Å². The van der Waals surface area contributed by atoms with E-state index in [1.54, 1.807) is 25.6 Å². The zero-order valence-corrected chi connectivity index (χ0v) is 10.6. The van der Waals surface area contributed by atoms with Gasteiger partial charge < -0.3 is 5.32 Å². The van der Waals surface area contributed by atoms with E-state index in [9.17, 15) is 0 Å². The van der Waals surface area contributed by atoms with E-state index >= 15 is 0 Å². The highest BCUT2D eigenvalue weighted by Crippen LogP contribution is 2.12. The van der Waals surface area contributed by atoms with Gasteiger partial charge >= 0.3 is 0 Å². The second kappa shape index (κ2) is 6.15. The van der Waals surface area contributed by atoms with Gasteiger partial charge in [-0.3, -0.25) is 9.97 Å². The number of aryl methyl sites for hydroxylation is 1. The van der Waals surface area contributed by atoms with Crippen molar-refractivity contribution in [3.8, 4) is 0 Å². The number of hydrogen-bond acceptors (Lipinski definition) is 6. The molecule has 96 valence electrons. The summed E-state index contributed by atoms with van der Waals surface area (Å²) in [6, 6.07) is 0.0721. The average Bonchev–Trinajstić information content (AvgIpc) is 2.81. The topological polar surface area (TPSA) is 81.4 Å². The standard InChI is InChI=1S/C11H17N7/c1-3-4-13-9(10-8-12-5-6-14-10)7-11-15-17-18(2)16-11/h5-6,8-9,13H,3-4,7H2,1-2H3. The second-order valence-electron chi connectivity index (χ2n) is 4.04. The largest absolute Gasteiger partial charge is 0.308 e. The Labute approximate surface area is 106 Å². The van der Waals surface area contributed by atoms with Gasteiger partial charge in [-0.15, -0.1) is 10.2 Å². The van der Waals surface area contributed by atoms with Gasteiger partial charge in [-0.2, -0.15) is 4.80 Å². The summed E-state index contributed by atoms with van der Waals surface area (Å²) in [5.41, 5.74) is 0.901. The molecule has 0 aliphatic heterocycles. The fraction of sp³-hybridized carbons (Fsp3) is 0.545. The highest BCUT2D eigenvalue weighted by Gasteiger charge is 2.15. The van der Waals surface area contributed by atoms with Gasteiger partial charge in [0.2, 0.25) is 0 Å². The molecule has 1 N–H and O–H groups in total. The Morgan fingerprint density at radius 1 is 1.39 bits per heavy atom. The minimum atomic E-state index is 0.0721. The Bertz CT molecular complexity index is 467. The molecule has 0 saturated heterocycles. The van der Waals surface area contributed by atoms with Crippen molar-refractivity contribution in [2.24, 2.45) is 7.05 Å². The Morgan fingerprint density at radius 3 is 2.89 bits per heavy atom. The molecule has 0 aromatic carbocycles. The first kappa shape index (κ1) is 12.6. The van der Waals surface area contributed by atoms with Gasteiger partial charge in [0.25, 0.3) is 0 Å². The van der Waals surface area contributed by atoms with Crippen LogP contribution in [0.15, 0.2) is 18.6 Å². The molecule has 1 atom stereocenters. The quantitative estimate of drug-likeness (QED) is 0.789. The molecule has 0 spiro atoms. The maximum atomic E-state index is 4.33. The fourth-order valence-electron chi connectivity index (χ4n) is 1.68. The minimum absolute atomic E-state index is 0.0721. The molecule has 18 heavy (non-hydrogen) atoms. The lowest BCUT2D eigenvalue weighted by Crippen LogP contribution is -2.25. The number of hydrogen-bond donors (Lipinski definition) is 1. The van der Waals surface area contributed by atoms with Crippen molar-refractivity contribution in [1.82, 2.24) is 35.5 Å². The molecule has 2 aromatic rings. The Balaban J connectivity index is 2.10. The predicted molar refractivity (Wildman–Crippen MR) is 65.6 cm³/mol. The van der Waals surface area contributed by atoms with Crippen LogP contribution in [0, 0.1) is 0 Å². The van der Waals surface area contributed by atoms with Crippen molar-refractivity contribution < 1.29 is 0 Å². The molecule has 0 saturated carbocycles. The highest BCUT2D eigenvalue weighted by atomic mass is 15.6. The van der Waals surface area contributed by atoms with E-state index < -0.39 is 0 Å². The van der Waals surface area contributed by atoms with Crippen molar-refractivity contribution in [3.05, 3.63) is 30.1 Å². The van der Waals surface area contributed by atoms with Crippen LogP contribution in [0.4, 0.5) is 0 Å². The van der Waals surface area contributed by atoms with Crippen LogP contribution in [0.2, 0.25) is 0 Å². The van der Waals surface area contributed by atoms with Crippen molar-refractivity contribution >= 4 is 0 Å². The SMILES string of the molecule is CCCNC(Cc1nnn(C)n1)c1cnccn1. The first-order valence-corrected chi connectivity index (χ1v) is 6.01. The van der Waals surface area contributed by atoms with Gasteiger partial charge in [0.1, 0.15) is 0 Å². The van der Waals surface area contributed by atoms with Gasteiger partial charge in [-0.05, 0) is 18.2 Å². The van der Waals surface area contributed by atoms with Gasteiger partial charge in [-0.1, -0.05) is 6.92 Å². The van der Waals surface area contributed by atoms with E-state index in [0.717, 1.165) is 18.7 Å². The molecule has 2 rings (SSSR count). The molecular weight excluding hydrogens is 230 g/mol. The number of aromatic nitrogens is 6. The molecule has 7 nitrogen and oxygen atoms in total. The first-order valence-electron chi connectivity index (χ1n) is 6.01. The smallest absolute Gasteiger partial charge is 0.176 e. The highest BCUT2D eigenvalue weighted by molar-refractivity contribution is 5.05. The molecule has 7 heteroatoms. The third kappa shape index (κ3) is 3.30. The van der Waals surface area contributed by atoms with Crippen LogP contribution in [0.1, 0.15) is 30.9 Å². The summed E-state index contributed by atoms with van der Waals surface area (Å²) in [4.78, 5) is 9.88. The van der Waals surface area contributed by atoms with Crippen molar-refractivity contribution in [2.45, 2.75) is 25.8 Å². The second-order valence-corrected chi connectivity index (χ2v) is 4.04. The first-order chi connectivity index (χ1) is 8.79. The molecule has 0 aliphatic rings. The lowest BCUT2D eigenvalue weighted by molar-refractivity contribution is 0.504. The Hall–Kier alpha value is -1.89. The molecule has 0 bridgehead atoms. The normalized spacial score (nSPS) is 12.6. The lowest BCUT2D eigenvalue weighted by Gasteiger charge is -2.15. The summed E-state index contributed by atoms with van der Waals surface area (Å²) in [5, 5.41) is 15.5. The van der Waals surface area contributed by atoms with Crippen molar-refractivity contribution in [2.75, 3.05) is 6.54 Å². The van der Waals surface area contributed by atoms with Crippen LogP contribution >= 0.6 is 0 Å². The van der Waals surface area contributed by atoms with Gasteiger partial charge in [0.15, 0.2) is 5.82 Å². The monoisotopic (exact) mass is 247 g/mol. The Morgan fingerprint density at radius 2 is 2.28 bits per heavy atom. The molecule has 2 aromatic heterocycles. The molecule has 0 aliphatic carbocycles. The molecule has 2 heterocycles. The van der Waals surface area contributed by atoms with Crippen LogP contribution < -0.4 is 5.32 Å². The zero-order valence-electron chi connectivity index (χ0n) is 10.6. The van der Waals surface area contributed by atoms with Crippen LogP contribution in [-0.2, 0) is 13.5 Å². The zero-order chi connectivity index (χ0) is 12.8. The maximum Gasteiger partial charge on any atom is 0.176 e.